The van der Waals surface area contributed by atoms with Crippen molar-refractivity contribution in [3.63, 3.8) is 0 Å². The second-order valence-electron chi connectivity index (χ2n) is 2.63. The molecule has 0 aliphatic rings. The number of nitro benzene ring substituents is 1. The molecule has 0 bridgehead atoms. The standard InChI is InChI=1S/C8H7BrN2O4/c1-15-6-3-4(9)2-5(8(10)12)7(6)11(13)14/h2-3H,1H3,(H2,10,12). The Balaban J connectivity index is 3.54. The number of hydrogen-bond acceptors (Lipinski definition) is 4. The fraction of sp³-hybridized carbons (Fsp3) is 0.125. The van der Waals surface area contributed by atoms with Crippen LogP contribution in [0.5, 0.6) is 5.75 Å². The van der Waals surface area contributed by atoms with Crippen molar-refractivity contribution in [3.05, 3.63) is 32.3 Å². The molecule has 0 fully saturated rings. The number of nitrogens with two attached hydrogens (primary N) is 1. The molecule has 1 amide bonds. The second kappa shape index (κ2) is 4.26. The summed E-state index contributed by atoms with van der Waals surface area (Å²) >= 11 is 3.10. The van der Waals surface area contributed by atoms with E-state index >= 15 is 0 Å². The molecule has 0 saturated heterocycles. The van der Waals surface area contributed by atoms with E-state index in [2.05, 4.69) is 15.9 Å². The van der Waals surface area contributed by atoms with Crippen LogP contribution in [0.4, 0.5) is 5.69 Å². The highest BCUT2D eigenvalue weighted by atomic mass is 79.9. The van der Waals surface area contributed by atoms with Gasteiger partial charge in [-0.2, -0.15) is 0 Å². The Morgan fingerprint density at radius 2 is 2.20 bits per heavy atom. The Kier molecular flexibility index (Phi) is 3.25. The lowest BCUT2D eigenvalue weighted by atomic mass is 10.1. The molecule has 1 aromatic rings. The van der Waals surface area contributed by atoms with E-state index in [1.54, 1.807) is 0 Å². The molecule has 7 heteroatoms. The zero-order chi connectivity index (χ0) is 11.6. The number of nitro groups is 1. The number of primary amides is 1. The van der Waals surface area contributed by atoms with Gasteiger partial charge in [0.25, 0.3) is 5.91 Å². The first kappa shape index (κ1) is 11.4. The monoisotopic (exact) mass is 274 g/mol. The predicted molar refractivity (Wildman–Crippen MR) is 55.9 cm³/mol. The van der Waals surface area contributed by atoms with E-state index in [4.69, 9.17) is 10.5 Å². The molecule has 0 heterocycles. The third kappa shape index (κ3) is 2.24. The summed E-state index contributed by atoms with van der Waals surface area (Å²) in [5, 5.41) is 10.7. The smallest absolute Gasteiger partial charge is 0.323 e. The highest BCUT2D eigenvalue weighted by Crippen LogP contribution is 2.33. The summed E-state index contributed by atoms with van der Waals surface area (Å²) in [6.45, 7) is 0. The summed E-state index contributed by atoms with van der Waals surface area (Å²) in [5.41, 5.74) is 4.41. The van der Waals surface area contributed by atoms with Crippen molar-refractivity contribution in [2.24, 2.45) is 5.73 Å². The maximum absolute atomic E-state index is 11.0. The lowest BCUT2D eigenvalue weighted by Crippen LogP contribution is -2.14. The average molecular weight is 275 g/mol. The van der Waals surface area contributed by atoms with Crippen LogP contribution in [0, 0.1) is 10.1 Å². The van der Waals surface area contributed by atoms with Crippen molar-refractivity contribution in [1.29, 1.82) is 0 Å². The van der Waals surface area contributed by atoms with Gasteiger partial charge in [-0.3, -0.25) is 14.9 Å². The average Bonchev–Trinajstić information content (AvgIpc) is 2.15. The van der Waals surface area contributed by atoms with Crippen LogP contribution in [-0.2, 0) is 0 Å². The molecule has 0 aromatic heterocycles. The number of rotatable bonds is 3. The molecule has 0 spiro atoms. The van der Waals surface area contributed by atoms with Crippen LogP contribution < -0.4 is 10.5 Å². The normalized spacial score (nSPS) is 9.73. The zero-order valence-corrected chi connectivity index (χ0v) is 9.28. The van der Waals surface area contributed by atoms with E-state index in [-0.39, 0.29) is 11.3 Å². The minimum atomic E-state index is -0.874. The lowest BCUT2D eigenvalue weighted by Gasteiger charge is -2.05. The van der Waals surface area contributed by atoms with Gasteiger partial charge in [-0.15, -0.1) is 0 Å². The Labute approximate surface area is 93.3 Å². The first-order valence-corrected chi connectivity index (χ1v) is 4.58. The van der Waals surface area contributed by atoms with E-state index in [0.717, 1.165) is 0 Å². The molecule has 1 aromatic carbocycles. The van der Waals surface area contributed by atoms with Gasteiger partial charge in [0, 0.05) is 10.5 Å². The number of carbonyl (C=O) groups excluding carboxylic acids is 1. The van der Waals surface area contributed by atoms with Crippen LogP contribution in [0.3, 0.4) is 0 Å². The quantitative estimate of drug-likeness (QED) is 0.667. The number of amides is 1. The molecule has 2 N–H and O–H groups in total. The van der Waals surface area contributed by atoms with E-state index in [1.807, 2.05) is 0 Å². The van der Waals surface area contributed by atoms with Gasteiger partial charge in [-0.1, -0.05) is 15.9 Å². The maximum Gasteiger partial charge on any atom is 0.323 e. The molecule has 0 radical (unpaired) electrons. The molecule has 0 unspecified atom stereocenters. The Morgan fingerprint density at radius 3 is 2.60 bits per heavy atom. The van der Waals surface area contributed by atoms with Gasteiger partial charge in [0.15, 0.2) is 5.75 Å². The van der Waals surface area contributed by atoms with E-state index in [1.165, 1.54) is 19.2 Å². The highest BCUT2D eigenvalue weighted by Gasteiger charge is 2.24. The van der Waals surface area contributed by atoms with Crippen molar-refractivity contribution < 1.29 is 14.5 Å². The summed E-state index contributed by atoms with van der Waals surface area (Å²) in [6.07, 6.45) is 0. The lowest BCUT2D eigenvalue weighted by molar-refractivity contribution is -0.386. The Bertz CT molecular complexity index is 433. The van der Waals surface area contributed by atoms with Gasteiger partial charge in [0.2, 0.25) is 0 Å². The molecular weight excluding hydrogens is 268 g/mol. The Morgan fingerprint density at radius 1 is 1.60 bits per heavy atom. The van der Waals surface area contributed by atoms with E-state index < -0.39 is 16.5 Å². The van der Waals surface area contributed by atoms with Crippen LogP contribution in [0.2, 0.25) is 0 Å². The van der Waals surface area contributed by atoms with Crippen LogP contribution in [0.1, 0.15) is 10.4 Å². The number of benzene rings is 1. The first-order chi connectivity index (χ1) is 6.97. The maximum atomic E-state index is 11.0. The molecule has 0 atom stereocenters. The molecule has 80 valence electrons. The zero-order valence-electron chi connectivity index (χ0n) is 7.69. The fourth-order valence-corrected chi connectivity index (χ4v) is 1.54. The van der Waals surface area contributed by atoms with Crippen LogP contribution in [-0.4, -0.2) is 17.9 Å². The first-order valence-electron chi connectivity index (χ1n) is 3.79. The second-order valence-corrected chi connectivity index (χ2v) is 3.54. The van der Waals surface area contributed by atoms with Gasteiger partial charge >= 0.3 is 5.69 Å². The van der Waals surface area contributed by atoms with Gasteiger partial charge < -0.3 is 10.5 Å². The number of nitrogens with zero attached hydrogens (tertiary/aromatic N) is 1. The Hall–Kier alpha value is -1.63. The summed E-state index contributed by atoms with van der Waals surface area (Å²) in [4.78, 5) is 21.0. The number of hydrogen-bond donors (Lipinski definition) is 1. The van der Waals surface area contributed by atoms with Crippen molar-refractivity contribution in [3.8, 4) is 5.75 Å². The van der Waals surface area contributed by atoms with Gasteiger partial charge in [-0.25, -0.2) is 0 Å². The van der Waals surface area contributed by atoms with Crippen LogP contribution in [0.25, 0.3) is 0 Å². The van der Waals surface area contributed by atoms with Crippen LogP contribution in [0.15, 0.2) is 16.6 Å². The highest BCUT2D eigenvalue weighted by molar-refractivity contribution is 9.10. The molecule has 0 aliphatic heterocycles. The summed E-state index contributed by atoms with van der Waals surface area (Å²) < 4.78 is 5.28. The topological polar surface area (TPSA) is 95.5 Å². The van der Waals surface area contributed by atoms with Gasteiger partial charge in [0.05, 0.1) is 12.0 Å². The van der Waals surface area contributed by atoms with Crippen molar-refractivity contribution in [2.45, 2.75) is 0 Å². The molecular formula is C8H7BrN2O4. The summed E-state index contributed by atoms with van der Waals surface area (Å²) in [6, 6.07) is 2.67. The molecule has 0 aliphatic carbocycles. The van der Waals surface area contributed by atoms with Gasteiger partial charge in [-0.05, 0) is 6.07 Å². The van der Waals surface area contributed by atoms with Crippen molar-refractivity contribution in [2.75, 3.05) is 7.11 Å². The molecule has 0 saturated carbocycles. The van der Waals surface area contributed by atoms with Crippen molar-refractivity contribution >= 4 is 27.5 Å². The SMILES string of the molecule is COc1cc(Br)cc(C(N)=O)c1[N+](=O)[O-]. The fourth-order valence-electron chi connectivity index (χ4n) is 1.11. The number of halogens is 1. The number of carbonyl (C=O) groups is 1. The third-order valence-corrected chi connectivity index (χ3v) is 2.17. The predicted octanol–water partition coefficient (Wildman–Crippen LogP) is 1.46. The van der Waals surface area contributed by atoms with E-state index in [0.29, 0.717) is 4.47 Å². The number of methoxy groups -OCH3 is 1. The van der Waals surface area contributed by atoms with E-state index in [9.17, 15) is 14.9 Å². The molecule has 6 nitrogen and oxygen atoms in total. The van der Waals surface area contributed by atoms with Crippen molar-refractivity contribution in [1.82, 2.24) is 0 Å². The summed E-state index contributed by atoms with van der Waals surface area (Å²) in [5.74, 6) is -0.885. The number of ether oxygens (including phenoxy) is 1. The van der Waals surface area contributed by atoms with Crippen LogP contribution >= 0.6 is 15.9 Å². The largest absolute Gasteiger partial charge is 0.490 e. The minimum absolute atomic E-state index is 0.0109. The summed E-state index contributed by atoms with van der Waals surface area (Å²) in [7, 11) is 1.28. The molecule has 15 heavy (non-hydrogen) atoms. The van der Waals surface area contributed by atoms with Gasteiger partial charge in [0.1, 0.15) is 5.56 Å². The minimum Gasteiger partial charge on any atom is -0.490 e. The molecule has 1 rings (SSSR count). The third-order valence-electron chi connectivity index (χ3n) is 1.71.